The van der Waals surface area contributed by atoms with E-state index < -0.39 is 0 Å². The molecule has 0 bridgehead atoms. The SMILES string of the molecule is CC(C)(C)NCc1cc(Oc2ccc(F)c(Br)c2)ccn1. The molecule has 5 heteroatoms. The molecule has 0 amide bonds. The topological polar surface area (TPSA) is 34.1 Å². The summed E-state index contributed by atoms with van der Waals surface area (Å²) in [5.41, 5.74) is 0.920. The van der Waals surface area contributed by atoms with Gasteiger partial charge in [-0.2, -0.15) is 0 Å². The molecule has 0 atom stereocenters. The Hall–Kier alpha value is -1.46. The second kappa shape index (κ2) is 6.54. The summed E-state index contributed by atoms with van der Waals surface area (Å²) in [7, 11) is 0. The number of benzene rings is 1. The van der Waals surface area contributed by atoms with Gasteiger partial charge in [0.25, 0.3) is 0 Å². The number of nitrogens with zero attached hydrogens (tertiary/aromatic N) is 1. The Labute approximate surface area is 132 Å². The third kappa shape index (κ3) is 5.10. The minimum absolute atomic E-state index is 0.0281. The van der Waals surface area contributed by atoms with Crippen LogP contribution in [-0.4, -0.2) is 10.5 Å². The number of rotatable bonds is 4. The Morgan fingerprint density at radius 1 is 1.19 bits per heavy atom. The molecule has 1 heterocycles. The summed E-state index contributed by atoms with van der Waals surface area (Å²) in [4.78, 5) is 4.30. The Kier molecular flexibility index (Phi) is 4.96. The van der Waals surface area contributed by atoms with Crippen molar-refractivity contribution in [1.29, 1.82) is 0 Å². The predicted octanol–water partition coefficient (Wildman–Crippen LogP) is 4.66. The van der Waals surface area contributed by atoms with E-state index in [1.165, 1.54) is 6.07 Å². The first-order chi connectivity index (χ1) is 9.83. The zero-order valence-corrected chi connectivity index (χ0v) is 13.9. The van der Waals surface area contributed by atoms with Crippen molar-refractivity contribution in [2.24, 2.45) is 0 Å². The van der Waals surface area contributed by atoms with Gasteiger partial charge in [-0.05, 0) is 61.0 Å². The molecule has 3 nitrogen and oxygen atoms in total. The smallest absolute Gasteiger partial charge is 0.137 e. The summed E-state index contributed by atoms with van der Waals surface area (Å²) in [5.74, 6) is 0.936. The fourth-order valence-electron chi connectivity index (χ4n) is 1.65. The van der Waals surface area contributed by atoms with Gasteiger partial charge in [0.1, 0.15) is 17.3 Å². The fourth-order valence-corrected chi connectivity index (χ4v) is 2.01. The van der Waals surface area contributed by atoms with Gasteiger partial charge in [0.15, 0.2) is 0 Å². The standard InChI is InChI=1S/C16H18BrFN2O/c1-16(2,3)20-10-11-8-13(6-7-19-11)21-12-4-5-15(18)14(17)9-12/h4-9,20H,10H2,1-3H3. The van der Waals surface area contributed by atoms with Crippen LogP contribution in [0, 0.1) is 5.82 Å². The highest BCUT2D eigenvalue weighted by Gasteiger charge is 2.09. The van der Waals surface area contributed by atoms with E-state index in [1.807, 2.05) is 6.07 Å². The van der Waals surface area contributed by atoms with Crippen molar-refractivity contribution in [2.45, 2.75) is 32.9 Å². The largest absolute Gasteiger partial charge is 0.457 e. The Morgan fingerprint density at radius 2 is 1.90 bits per heavy atom. The fraction of sp³-hybridized carbons (Fsp3) is 0.312. The molecule has 0 aliphatic rings. The second-order valence-corrected chi connectivity index (χ2v) is 6.62. The van der Waals surface area contributed by atoms with E-state index >= 15 is 0 Å². The van der Waals surface area contributed by atoms with E-state index in [-0.39, 0.29) is 11.4 Å². The average molecular weight is 353 g/mol. The van der Waals surface area contributed by atoms with Crippen molar-refractivity contribution in [3.63, 3.8) is 0 Å². The number of nitrogens with one attached hydrogen (secondary N) is 1. The lowest BCUT2D eigenvalue weighted by molar-refractivity contribution is 0.419. The summed E-state index contributed by atoms with van der Waals surface area (Å²) in [6, 6.07) is 8.20. The molecule has 1 aromatic heterocycles. The number of hydrogen-bond donors (Lipinski definition) is 1. The van der Waals surface area contributed by atoms with Crippen LogP contribution in [0.2, 0.25) is 0 Å². The summed E-state index contributed by atoms with van der Waals surface area (Å²) in [5, 5.41) is 3.37. The molecular formula is C16H18BrFN2O. The van der Waals surface area contributed by atoms with Crippen LogP contribution in [0.15, 0.2) is 41.0 Å². The van der Waals surface area contributed by atoms with Crippen LogP contribution in [0.4, 0.5) is 4.39 Å². The van der Waals surface area contributed by atoms with Gasteiger partial charge in [-0.15, -0.1) is 0 Å². The molecule has 0 aliphatic carbocycles. The zero-order chi connectivity index (χ0) is 15.5. The number of pyridine rings is 1. The molecule has 0 unspecified atom stereocenters. The van der Waals surface area contributed by atoms with Crippen molar-refractivity contribution in [2.75, 3.05) is 0 Å². The van der Waals surface area contributed by atoms with Crippen molar-refractivity contribution in [3.8, 4) is 11.5 Å². The maximum Gasteiger partial charge on any atom is 0.137 e. The average Bonchev–Trinajstić information content (AvgIpc) is 2.40. The lowest BCUT2D eigenvalue weighted by atomic mass is 10.1. The molecule has 112 valence electrons. The molecule has 21 heavy (non-hydrogen) atoms. The normalized spacial score (nSPS) is 11.5. The molecule has 1 aromatic carbocycles. The van der Waals surface area contributed by atoms with Crippen LogP contribution in [0.3, 0.4) is 0 Å². The number of hydrogen-bond acceptors (Lipinski definition) is 3. The van der Waals surface area contributed by atoms with Gasteiger partial charge in [0.2, 0.25) is 0 Å². The maximum absolute atomic E-state index is 13.2. The highest BCUT2D eigenvalue weighted by Crippen LogP contribution is 2.26. The van der Waals surface area contributed by atoms with Crippen LogP contribution in [0.1, 0.15) is 26.5 Å². The highest BCUT2D eigenvalue weighted by molar-refractivity contribution is 9.10. The van der Waals surface area contributed by atoms with E-state index in [0.717, 1.165) is 5.69 Å². The van der Waals surface area contributed by atoms with E-state index in [0.29, 0.717) is 22.5 Å². The molecule has 0 saturated carbocycles. The van der Waals surface area contributed by atoms with Crippen molar-refractivity contribution >= 4 is 15.9 Å². The van der Waals surface area contributed by atoms with E-state index in [9.17, 15) is 4.39 Å². The Balaban J connectivity index is 2.08. The summed E-state index contributed by atoms with van der Waals surface area (Å²) in [6.45, 7) is 6.96. The number of halogens is 2. The van der Waals surface area contributed by atoms with Gasteiger partial charge in [0.05, 0.1) is 10.2 Å². The summed E-state index contributed by atoms with van der Waals surface area (Å²) < 4.78 is 19.3. The van der Waals surface area contributed by atoms with Gasteiger partial charge in [0, 0.05) is 24.3 Å². The van der Waals surface area contributed by atoms with E-state index in [4.69, 9.17) is 4.74 Å². The Morgan fingerprint density at radius 3 is 2.57 bits per heavy atom. The number of ether oxygens (including phenoxy) is 1. The molecule has 2 aromatic rings. The van der Waals surface area contributed by atoms with Crippen molar-refractivity contribution in [1.82, 2.24) is 10.3 Å². The maximum atomic E-state index is 13.2. The molecule has 0 radical (unpaired) electrons. The van der Waals surface area contributed by atoms with Crippen LogP contribution in [0.25, 0.3) is 0 Å². The number of aromatic nitrogens is 1. The minimum Gasteiger partial charge on any atom is -0.457 e. The molecule has 0 fully saturated rings. The molecule has 0 aliphatic heterocycles. The molecule has 0 saturated heterocycles. The lowest BCUT2D eigenvalue weighted by Gasteiger charge is -2.20. The van der Waals surface area contributed by atoms with Crippen molar-refractivity contribution in [3.05, 3.63) is 52.5 Å². The van der Waals surface area contributed by atoms with Crippen LogP contribution in [-0.2, 0) is 6.54 Å². The second-order valence-electron chi connectivity index (χ2n) is 5.76. The van der Waals surface area contributed by atoms with Gasteiger partial charge >= 0.3 is 0 Å². The first-order valence-corrected chi connectivity index (χ1v) is 7.46. The first-order valence-electron chi connectivity index (χ1n) is 6.66. The van der Waals surface area contributed by atoms with Crippen LogP contribution >= 0.6 is 15.9 Å². The minimum atomic E-state index is -0.313. The van der Waals surface area contributed by atoms with Gasteiger partial charge in [-0.1, -0.05) is 0 Å². The van der Waals surface area contributed by atoms with Crippen molar-refractivity contribution < 1.29 is 9.13 Å². The quantitative estimate of drug-likeness (QED) is 0.868. The molecule has 2 rings (SSSR count). The van der Waals surface area contributed by atoms with E-state index in [1.54, 1.807) is 24.4 Å². The third-order valence-electron chi connectivity index (χ3n) is 2.71. The predicted molar refractivity (Wildman–Crippen MR) is 85.0 cm³/mol. The zero-order valence-electron chi connectivity index (χ0n) is 12.3. The molecular weight excluding hydrogens is 335 g/mol. The monoisotopic (exact) mass is 352 g/mol. The highest BCUT2D eigenvalue weighted by atomic mass is 79.9. The van der Waals surface area contributed by atoms with Gasteiger partial charge < -0.3 is 10.1 Å². The van der Waals surface area contributed by atoms with Crippen LogP contribution in [0.5, 0.6) is 11.5 Å². The Bertz CT molecular complexity index is 626. The van der Waals surface area contributed by atoms with Gasteiger partial charge in [-0.3, -0.25) is 4.98 Å². The van der Waals surface area contributed by atoms with E-state index in [2.05, 4.69) is 47.0 Å². The molecule has 1 N–H and O–H groups in total. The first kappa shape index (κ1) is 15.9. The third-order valence-corrected chi connectivity index (χ3v) is 3.32. The van der Waals surface area contributed by atoms with Crippen LogP contribution < -0.4 is 10.1 Å². The molecule has 0 spiro atoms. The summed E-state index contributed by atoms with van der Waals surface area (Å²) >= 11 is 3.14. The van der Waals surface area contributed by atoms with Gasteiger partial charge in [-0.25, -0.2) is 4.39 Å². The lowest BCUT2D eigenvalue weighted by Crippen LogP contribution is -2.35. The summed E-state index contributed by atoms with van der Waals surface area (Å²) in [6.07, 6.45) is 1.70.